The molecule has 7 heteroatoms. The second kappa shape index (κ2) is 10.5. The second-order valence-electron chi connectivity index (χ2n) is 7.44. The lowest BCUT2D eigenvalue weighted by atomic mass is 10.1. The Hall–Kier alpha value is -2.48. The first-order valence-corrected chi connectivity index (χ1v) is 10.2. The summed E-state index contributed by atoms with van der Waals surface area (Å²) in [6.45, 7) is 3.49. The molecule has 1 aliphatic heterocycles. The first kappa shape index (κ1) is 22.2. The summed E-state index contributed by atoms with van der Waals surface area (Å²) in [6, 6.07) is 12.1. The van der Waals surface area contributed by atoms with Crippen LogP contribution in [0.3, 0.4) is 0 Å². The Balaban J connectivity index is 1.62. The van der Waals surface area contributed by atoms with Crippen molar-refractivity contribution in [2.45, 2.75) is 18.9 Å². The molecule has 0 bridgehead atoms. The highest BCUT2D eigenvalue weighted by atomic mass is 16.5. The fourth-order valence-corrected chi connectivity index (χ4v) is 3.91. The summed E-state index contributed by atoms with van der Waals surface area (Å²) in [5.74, 6) is 3.31. The van der Waals surface area contributed by atoms with Gasteiger partial charge in [0.05, 0.1) is 28.4 Å². The molecule has 164 valence electrons. The minimum Gasteiger partial charge on any atom is -0.497 e. The van der Waals surface area contributed by atoms with E-state index in [-0.39, 0.29) is 6.04 Å². The van der Waals surface area contributed by atoms with Gasteiger partial charge in [0.25, 0.3) is 0 Å². The highest BCUT2D eigenvalue weighted by molar-refractivity contribution is 5.41. The van der Waals surface area contributed by atoms with Crippen LogP contribution in [0.4, 0.5) is 0 Å². The van der Waals surface area contributed by atoms with E-state index in [2.05, 4.69) is 22.2 Å². The van der Waals surface area contributed by atoms with Crippen LogP contribution >= 0.6 is 0 Å². The molecule has 1 aliphatic rings. The Labute approximate surface area is 179 Å². The van der Waals surface area contributed by atoms with Crippen LogP contribution in [0.15, 0.2) is 36.4 Å². The Kier molecular flexibility index (Phi) is 7.79. The van der Waals surface area contributed by atoms with Crippen molar-refractivity contribution in [1.82, 2.24) is 10.0 Å². The summed E-state index contributed by atoms with van der Waals surface area (Å²) in [5, 5.41) is 4.70. The molecule has 30 heavy (non-hydrogen) atoms. The standard InChI is InChI=1S/C23H33N3O4/c1-27-20-7-5-17(22(13-20)29-3)9-11-25-15-19(24)16-26(25)12-10-18-6-8-21(28-2)14-23(18)30-4/h5-8,13-14,19H,9-12,15-16,24H2,1-4H3. The molecule has 1 fully saturated rings. The average molecular weight is 416 g/mol. The van der Waals surface area contributed by atoms with Gasteiger partial charge in [0.2, 0.25) is 0 Å². The number of benzene rings is 2. The molecule has 0 spiro atoms. The molecule has 0 atom stereocenters. The summed E-state index contributed by atoms with van der Waals surface area (Å²) < 4.78 is 21.7. The van der Waals surface area contributed by atoms with Crippen LogP contribution < -0.4 is 24.7 Å². The third-order valence-corrected chi connectivity index (χ3v) is 5.56. The molecule has 2 aromatic carbocycles. The van der Waals surface area contributed by atoms with Crippen molar-refractivity contribution in [2.24, 2.45) is 5.73 Å². The molecule has 0 aliphatic carbocycles. The predicted octanol–water partition coefficient (Wildman–Crippen LogP) is 2.37. The average Bonchev–Trinajstić information content (AvgIpc) is 3.15. The van der Waals surface area contributed by atoms with E-state index in [1.807, 2.05) is 24.3 Å². The summed E-state index contributed by atoms with van der Waals surface area (Å²) >= 11 is 0. The number of hydrogen-bond donors (Lipinski definition) is 1. The molecule has 1 heterocycles. The normalized spacial score (nSPS) is 15.4. The third kappa shape index (κ3) is 5.36. The molecule has 2 aromatic rings. The SMILES string of the molecule is COc1ccc(CCN2CC(N)CN2CCc2ccc(OC)cc2OC)c(OC)c1. The minimum atomic E-state index is 0.153. The van der Waals surface area contributed by atoms with E-state index in [1.54, 1.807) is 28.4 Å². The van der Waals surface area contributed by atoms with Gasteiger partial charge in [-0.3, -0.25) is 0 Å². The molecule has 2 N–H and O–H groups in total. The van der Waals surface area contributed by atoms with Crippen molar-refractivity contribution in [3.63, 3.8) is 0 Å². The summed E-state index contributed by atoms with van der Waals surface area (Å²) in [4.78, 5) is 0. The van der Waals surface area contributed by atoms with Gasteiger partial charge >= 0.3 is 0 Å². The lowest BCUT2D eigenvalue weighted by Gasteiger charge is -2.28. The first-order valence-electron chi connectivity index (χ1n) is 10.2. The zero-order valence-electron chi connectivity index (χ0n) is 18.4. The summed E-state index contributed by atoms with van der Waals surface area (Å²) in [5.41, 5.74) is 8.60. The van der Waals surface area contributed by atoms with Gasteiger partial charge in [0.15, 0.2) is 0 Å². The summed E-state index contributed by atoms with van der Waals surface area (Å²) in [6.07, 6.45) is 1.75. The van der Waals surface area contributed by atoms with E-state index < -0.39 is 0 Å². The van der Waals surface area contributed by atoms with Crippen molar-refractivity contribution in [2.75, 3.05) is 54.6 Å². The van der Waals surface area contributed by atoms with Gasteiger partial charge < -0.3 is 24.7 Å². The predicted molar refractivity (Wildman–Crippen MR) is 118 cm³/mol. The number of nitrogens with two attached hydrogens (primary N) is 1. The minimum absolute atomic E-state index is 0.153. The van der Waals surface area contributed by atoms with Crippen molar-refractivity contribution >= 4 is 0 Å². The summed E-state index contributed by atoms with van der Waals surface area (Å²) in [7, 11) is 6.71. The fraction of sp³-hybridized carbons (Fsp3) is 0.478. The zero-order valence-corrected chi connectivity index (χ0v) is 18.4. The molecular formula is C23H33N3O4. The largest absolute Gasteiger partial charge is 0.497 e. The lowest BCUT2D eigenvalue weighted by molar-refractivity contribution is 0.0294. The molecule has 0 aromatic heterocycles. The number of hydrogen-bond acceptors (Lipinski definition) is 7. The quantitative estimate of drug-likeness (QED) is 0.639. The van der Waals surface area contributed by atoms with Crippen molar-refractivity contribution in [1.29, 1.82) is 0 Å². The Morgan fingerprint density at radius 2 is 1.17 bits per heavy atom. The van der Waals surface area contributed by atoms with Gasteiger partial charge in [-0.1, -0.05) is 12.1 Å². The maximum Gasteiger partial charge on any atom is 0.125 e. The second-order valence-corrected chi connectivity index (χ2v) is 7.44. The Morgan fingerprint density at radius 3 is 1.53 bits per heavy atom. The Bertz CT molecular complexity index is 763. The number of ether oxygens (including phenoxy) is 4. The van der Waals surface area contributed by atoms with Crippen molar-refractivity contribution < 1.29 is 18.9 Å². The van der Waals surface area contributed by atoms with Gasteiger partial charge in [0, 0.05) is 44.4 Å². The number of methoxy groups -OCH3 is 4. The van der Waals surface area contributed by atoms with Crippen LogP contribution in [0.5, 0.6) is 23.0 Å². The first-order chi connectivity index (χ1) is 14.6. The molecule has 7 nitrogen and oxygen atoms in total. The molecule has 0 unspecified atom stereocenters. The van der Waals surface area contributed by atoms with Gasteiger partial charge in [-0.25, -0.2) is 10.0 Å². The van der Waals surface area contributed by atoms with E-state index >= 15 is 0 Å². The van der Waals surface area contributed by atoms with Crippen molar-refractivity contribution in [3.05, 3.63) is 47.5 Å². The topological polar surface area (TPSA) is 69.4 Å². The highest BCUT2D eigenvalue weighted by Gasteiger charge is 2.27. The molecule has 1 saturated heterocycles. The fourth-order valence-electron chi connectivity index (χ4n) is 3.91. The molecular weight excluding hydrogens is 382 g/mol. The van der Waals surface area contributed by atoms with Crippen LogP contribution in [0.1, 0.15) is 11.1 Å². The van der Waals surface area contributed by atoms with Crippen LogP contribution in [0, 0.1) is 0 Å². The number of nitrogens with zero attached hydrogens (tertiary/aromatic N) is 2. The molecule has 0 radical (unpaired) electrons. The van der Waals surface area contributed by atoms with Gasteiger partial charge in [-0.2, -0.15) is 0 Å². The monoisotopic (exact) mass is 415 g/mol. The highest BCUT2D eigenvalue weighted by Crippen LogP contribution is 2.27. The van der Waals surface area contributed by atoms with Gasteiger partial charge in [-0.05, 0) is 36.1 Å². The molecule has 0 saturated carbocycles. The van der Waals surface area contributed by atoms with E-state index in [4.69, 9.17) is 24.7 Å². The zero-order chi connectivity index (χ0) is 21.5. The van der Waals surface area contributed by atoms with Crippen LogP contribution in [0.25, 0.3) is 0 Å². The van der Waals surface area contributed by atoms with Crippen LogP contribution in [-0.2, 0) is 12.8 Å². The van der Waals surface area contributed by atoms with E-state index in [9.17, 15) is 0 Å². The smallest absolute Gasteiger partial charge is 0.125 e. The van der Waals surface area contributed by atoms with E-state index in [0.29, 0.717) is 0 Å². The number of hydrazine groups is 1. The molecule has 0 amide bonds. The van der Waals surface area contributed by atoms with Crippen LogP contribution in [-0.4, -0.2) is 70.7 Å². The third-order valence-electron chi connectivity index (χ3n) is 5.56. The maximum absolute atomic E-state index is 6.28. The maximum atomic E-state index is 6.28. The van der Waals surface area contributed by atoms with E-state index in [1.165, 1.54) is 0 Å². The number of rotatable bonds is 10. The Morgan fingerprint density at radius 1 is 0.733 bits per heavy atom. The molecule has 3 rings (SSSR count). The van der Waals surface area contributed by atoms with Crippen LogP contribution in [0.2, 0.25) is 0 Å². The van der Waals surface area contributed by atoms with E-state index in [0.717, 1.165) is 73.1 Å². The van der Waals surface area contributed by atoms with Crippen molar-refractivity contribution in [3.8, 4) is 23.0 Å². The van der Waals surface area contributed by atoms with Gasteiger partial charge in [0.1, 0.15) is 23.0 Å². The van der Waals surface area contributed by atoms with Gasteiger partial charge in [-0.15, -0.1) is 0 Å². The lowest BCUT2D eigenvalue weighted by Crippen LogP contribution is -2.39.